The van der Waals surface area contributed by atoms with E-state index in [9.17, 15) is 14.8 Å². The highest BCUT2D eigenvalue weighted by molar-refractivity contribution is 7.23. The number of benzene rings is 1. The number of piperazine rings is 1. The first-order chi connectivity index (χ1) is 20.4. The number of nitrogens with zero attached hydrogens (tertiary/aromatic N) is 6. The summed E-state index contributed by atoms with van der Waals surface area (Å²) >= 11 is 0.940. The molecule has 3 aromatic heterocycles. The molecule has 4 aromatic rings. The first kappa shape index (κ1) is 27.2. The standard InChI is InChI=1S/C29H29F2N7O3S/c1-40-29-35-25-22(28(36-29)38-14-4-5-15(38)11-37(10-14)6-2-3-7-39)18-13-41-12-17(18)20(23(25)31)24-21-16(8-32)27(33)42-26(21)19(30)9-34-24/h9,14-15,39H,2-7,10-13,33H2,1H3. The number of methoxy groups -OCH3 is 1. The van der Waals surface area contributed by atoms with Gasteiger partial charge in [-0.3, -0.25) is 9.88 Å². The van der Waals surface area contributed by atoms with Crippen LogP contribution in [0.2, 0.25) is 0 Å². The molecule has 0 amide bonds. The molecule has 2 fully saturated rings. The van der Waals surface area contributed by atoms with Crippen LogP contribution in [0.25, 0.3) is 32.2 Å². The monoisotopic (exact) mass is 593 g/mol. The molecule has 1 aromatic carbocycles. The average molecular weight is 594 g/mol. The van der Waals surface area contributed by atoms with Gasteiger partial charge in [0.15, 0.2) is 11.6 Å². The quantitative estimate of drug-likeness (QED) is 0.302. The molecular formula is C29H29F2N7O3S. The molecule has 0 aliphatic carbocycles. The van der Waals surface area contributed by atoms with Crippen LogP contribution in [0.1, 0.15) is 42.4 Å². The number of aliphatic hydroxyl groups excluding tert-OH is 1. The Morgan fingerprint density at radius 2 is 1.93 bits per heavy atom. The molecular weight excluding hydrogens is 564 g/mol. The zero-order valence-corrected chi connectivity index (χ0v) is 23.8. The number of thiophene rings is 1. The van der Waals surface area contributed by atoms with Crippen molar-refractivity contribution in [3.63, 3.8) is 0 Å². The number of nitrogen functional groups attached to an aromatic ring is 1. The number of rotatable bonds is 7. The van der Waals surface area contributed by atoms with Gasteiger partial charge in [-0.2, -0.15) is 15.2 Å². The second-order valence-corrected chi connectivity index (χ2v) is 12.0. The Hall–Kier alpha value is -3.70. The van der Waals surface area contributed by atoms with E-state index in [1.54, 1.807) is 0 Å². The Bertz CT molecular complexity index is 1760. The molecule has 3 N–H and O–H groups in total. The number of fused-ring (bicyclic) bond motifs is 6. The molecule has 7 rings (SSSR count). The Kier molecular flexibility index (Phi) is 6.81. The zero-order chi connectivity index (χ0) is 29.1. The van der Waals surface area contributed by atoms with Gasteiger partial charge in [-0.05, 0) is 43.4 Å². The second kappa shape index (κ2) is 10.5. The Balaban J connectivity index is 1.43. The number of nitrogens with two attached hydrogens (primary N) is 1. The van der Waals surface area contributed by atoms with Gasteiger partial charge < -0.3 is 25.2 Å². The fraction of sp³-hybridized carbons (Fsp3) is 0.448. The van der Waals surface area contributed by atoms with Gasteiger partial charge in [-0.15, -0.1) is 11.3 Å². The number of halogens is 2. The minimum absolute atomic E-state index is 0.0423. The van der Waals surface area contributed by atoms with Gasteiger partial charge in [0.2, 0.25) is 0 Å². The van der Waals surface area contributed by atoms with Crippen LogP contribution in [0.5, 0.6) is 6.01 Å². The number of nitriles is 1. The van der Waals surface area contributed by atoms with Gasteiger partial charge in [0.05, 0.1) is 47.9 Å². The van der Waals surface area contributed by atoms with Crippen molar-refractivity contribution in [1.29, 1.82) is 5.26 Å². The van der Waals surface area contributed by atoms with E-state index in [2.05, 4.69) is 19.8 Å². The lowest BCUT2D eigenvalue weighted by Gasteiger charge is -2.42. The normalized spacial score (nSPS) is 20.0. The topological polar surface area (TPSA) is 134 Å². The number of likely N-dealkylation sites (tertiary alicyclic amines) is 1. The van der Waals surface area contributed by atoms with E-state index in [-0.39, 0.29) is 75.3 Å². The summed E-state index contributed by atoms with van der Waals surface area (Å²) in [4.78, 5) is 18.3. The lowest BCUT2D eigenvalue weighted by atomic mass is 9.93. The van der Waals surface area contributed by atoms with Crippen LogP contribution in [0, 0.1) is 23.0 Å². The summed E-state index contributed by atoms with van der Waals surface area (Å²) in [5.74, 6) is -0.653. The van der Waals surface area contributed by atoms with Crippen LogP contribution >= 0.6 is 11.3 Å². The maximum atomic E-state index is 16.9. The number of anilines is 2. The van der Waals surface area contributed by atoms with E-state index in [0.29, 0.717) is 16.8 Å². The molecule has 2 bridgehead atoms. The Morgan fingerprint density at radius 3 is 2.64 bits per heavy atom. The van der Waals surface area contributed by atoms with Crippen molar-refractivity contribution in [3.8, 4) is 23.3 Å². The summed E-state index contributed by atoms with van der Waals surface area (Å²) in [5.41, 5.74) is 7.79. The third kappa shape index (κ3) is 4.08. The van der Waals surface area contributed by atoms with Crippen molar-refractivity contribution in [1.82, 2.24) is 19.9 Å². The summed E-state index contributed by atoms with van der Waals surface area (Å²) in [6, 6.07) is 2.46. The molecule has 13 heteroatoms. The predicted octanol–water partition coefficient (Wildman–Crippen LogP) is 4.10. The lowest BCUT2D eigenvalue weighted by Crippen LogP contribution is -2.54. The molecule has 3 aliphatic heterocycles. The molecule has 0 spiro atoms. The molecule has 6 heterocycles. The zero-order valence-electron chi connectivity index (χ0n) is 23.0. The van der Waals surface area contributed by atoms with Crippen molar-refractivity contribution >= 4 is 43.1 Å². The minimum Gasteiger partial charge on any atom is -0.467 e. The smallest absolute Gasteiger partial charge is 0.318 e. The lowest BCUT2D eigenvalue weighted by molar-refractivity contribution is 0.135. The average Bonchev–Trinajstić information content (AvgIpc) is 3.67. The highest BCUT2D eigenvalue weighted by Gasteiger charge is 2.42. The van der Waals surface area contributed by atoms with Crippen molar-refractivity contribution in [2.24, 2.45) is 0 Å². The first-order valence-electron chi connectivity index (χ1n) is 14.0. The van der Waals surface area contributed by atoms with E-state index in [4.69, 9.17) is 20.2 Å². The van der Waals surface area contributed by atoms with Crippen molar-refractivity contribution in [2.75, 3.05) is 44.0 Å². The number of aliphatic hydroxyl groups is 1. The summed E-state index contributed by atoms with van der Waals surface area (Å²) < 4.78 is 43.2. The summed E-state index contributed by atoms with van der Waals surface area (Å²) in [6.45, 7) is 3.16. The summed E-state index contributed by atoms with van der Waals surface area (Å²) in [7, 11) is 1.45. The SMILES string of the molecule is COc1nc(N2C3CCC2CN(CCCCO)C3)c2c3c(c(-c4ncc(F)c5sc(N)c(C#N)c45)c(F)c2n1)COC3. The molecule has 2 atom stereocenters. The van der Waals surface area contributed by atoms with Crippen LogP contribution in [-0.4, -0.2) is 70.4 Å². The number of ether oxygens (including phenoxy) is 2. The van der Waals surface area contributed by atoms with Gasteiger partial charge >= 0.3 is 6.01 Å². The molecule has 218 valence electrons. The van der Waals surface area contributed by atoms with Crippen molar-refractivity contribution in [3.05, 3.63) is 34.5 Å². The van der Waals surface area contributed by atoms with E-state index < -0.39 is 11.6 Å². The van der Waals surface area contributed by atoms with Crippen molar-refractivity contribution in [2.45, 2.75) is 51.0 Å². The number of pyridine rings is 1. The van der Waals surface area contributed by atoms with E-state index >= 15 is 4.39 Å². The van der Waals surface area contributed by atoms with Crippen LogP contribution in [0.15, 0.2) is 6.20 Å². The molecule has 0 radical (unpaired) electrons. The highest BCUT2D eigenvalue weighted by Crippen LogP contribution is 2.48. The van der Waals surface area contributed by atoms with E-state index in [1.165, 1.54) is 7.11 Å². The maximum absolute atomic E-state index is 16.9. The van der Waals surface area contributed by atoms with Gasteiger partial charge in [-0.1, -0.05) is 0 Å². The molecule has 42 heavy (non-hydrogen) atoms. The third-order valence-electron chi connectivity index (χ3n) is 8.67. The second-order valence-electron chi connectivity index (χ2n) is 11.0. The number of hydrogen-bond donors (Lipinski definition) is 2. The molecule has 2 saturated heterocycles. The van der Waals surface area contributed by atoms with Crippen LogP contribution in [0.4, 0.5) is 19.6 Å². The maximum Gasteiger partial charge on any atom is 0.318 e. The first-order valence-corrected chi connectivity index (χ1v) is 14.8. The van der Waals surface area contributed by atoms with Gasteiger partial charge in [0.1, 0.15) is 22.4 Å². The molecule has 2 unspecified atom stereocenters. The van der Waals surface area contributed by atoms with Crippen molar-refractivity contribution < 1.29 is 23.4 Å². The Morgan fingerprint density at radius 1 is 1.17 bits per heavy atom. The predicted molar refractivity (Wildman–Crippen MR) is 154 cm³/mol. The minimum atomic E-state index is -0.653. The molecule has 0 saturated carbocycles. The third-order valence-corrected chi connectivity index (χ3v) is 9.70. The summed E-state index contributed by atoms with van der Waals surface area (Å²) in [5, 5.41) is 20.0. The molecule has 3 aliphatic rings. The highest BCUT2D eigenvalue weighted by atomic mass is 32.1. The fourth-order valence-electron chi connectivity index (χ4n) is 6.87. The van der Waals surface area contributed by atoms with E-state index in [1.807, 2.05) is 6.07 Å². The van der Waals surface area contributed by atoms with Gasteiger partial charge in [0, 0.05) is 42.7 Å². The van der Waals surface area contributed by atoms with E-state index in [0.717, 1.165) is 68.4 Å². The number of unbranched alkanes of at least 4 members (excludes halogenated alkanes) is 1. The summed E-state index contributed by atoms with van der Waals surface area (Å²) in [6.07, 6.45) is 4.72. The Labute approximate surface area is 244 Å². The fourth-order valence-corrected chi connectivity index (χ4v) is 7.79. The molecule has 10 nitrogen and oxygen atoms in total. The number of hydrogen-bond acceptors (Lipinski definition) is 11. The van der Waals surface area contributed by atoms with Crippen LogP contribution < -0.4 is 15.4 Å². The van der Waals surface area contributed by atoms with Gasteiger partial charge in [-0.25, -0.2) is 8.78 Å². The van der Waals surface area contributed by atoms with Gasteiger partial charge in [0.25, 0.3) is 0 Å². The van der Waals surface area contributed by atoms with Crippen LogP contribution in [0.3, 0.4) is 0 Å². The number of aromatic nitrogens is 3. The largest absolute Gasteiger partial charge is 0.467 e. The van der Waals surface area contributed by atoms with Crippen LogP contribution in [-0.2, 0) is 18.0 Å².